The molecule has 1 fully saturated rings. The first kappa shape index (κ1) is 18.0. The molecule has 142 valence electrons. The highest BCUT2D eigenvalue weighted by atomic mass is 32.2. The largest absolute Gasteiger partial charge is 0.460 e. The highest BCUT2D eigenvalue weighted by Crippen LogP contribution is 2.32. The third kappa shape index (κ3) is 3.33. The van der Waals surface area contributed by atoms with Gasteiger partial charge in [0.25, 0.3) is 0 Å². The van der Waals surface area contributed by atoms with Crippen LogP contribution in [0.1, 0.15) is 18.4 Å². The number of nitrogens with two attached hydrogens (primary N) is 1. The molecule has 3 heterocycles. The Morgan fingerprint density at radius 3 is 2.78 bits per heavy atom. The second kappa shape index (κ2) is 6.98. The Kier molecular flexibility index (Phi) is 4.66. The molecule has 0 amide bonds. The summed E-state index contributed by atoms with van der Waals surface area (Å²) in [5, 5.41) is 3.24. The van der Waals surface area contributed by atoms with E-state index >= 15 is 0 Å². The Labute approximate surface area is 160 Å². The van der Waals surface area contributed by atoms with E-state index in [2.05, 4.69) is 24.0 Å². The van der Waals surface area contributed by atoms with Crippen molar-refractivity contribution in [1.82, 2.24) is 24.0 Å². The number of rotatable bonds is 4. The van der Waals surface area contributed by atoms with Gasteiger partial charge < -0.3 is 15.8 Å². The van der Waals surface area contributed by atoms with Crippen molar-refractivity contribution in [1.29, 1.82) is 0 Å². The Balaban J connectivity index is 1.71. The van der Waals surface area contributed by atoms with Gasteiger partial charge in [-0.3, -0.25) is 0 Å². The van der Waals surface area contributed by atoms with Crippen molar-refractivity contribution in [3.8, 4) is 6.01 Å². The molecule has 2 aromatic heterocycles. The minimum absolute atomic E-state index is 0.00909. The third-order valence-corrected chi connectivity index (χ3v) is 6.94. The fourth-order valence-electron chi connectivity index (χ4n) is 3.07. The quantitative estimate of drug-likeness (QED) is 0.658. The maximum absolute atomic E-state index is 13.2. The van der Waals surface area contributed by atoms with E-state index in [9.17, 15) is 8.42 Å². The predicted molar refractivity (Wildman–Crippen MR) is 101 cm³/mol. The average molecular weight is 406 g/mol. The highest BCUT2D eigenvalue weighted by molar-refractivity contribution is 7.92. The van der Waals surface area contributed by atoms with Crippen molar-refractivity contribution in [3.05, 3.63) is 23.9 Å². The zero-order valence-electron chi connectivity index (χ0n) is 14.5. The number of nitrogens with one attached hydrogen (secondary N) is 1. The van der Waals surface area contributed by atoms with Crippen LogP contribution in [0.25, 0.3) is 11.0 Å². The first-order chi connectivity index (χ1) is 13.0. The van der Waals surface area contributed by atoms with Crippen LogP contribution in [0.3, 0.4) is 0 Å². The number of nitrogens with zero attached hydrogens (tertiary/aromatic N) is 4. The Morgan fingerprint density at radius 2 is 2.04 bits per heavy atom. The number of ether oxygens (including phenoxy) is 1. The molecule has 0 unspecified atom stereocenters. The molecule has 4 rings (SSSR count). The molecule has 0 spiro atoms. The number of anilines is 1. The molecule has 1 aliphatic heterocycles. The molecule has 0 radical (unpaired) electrons. The van der Waals surface area contributed by atoms with Crippen molar-refractivity contribution in [2.24, 2.45) is 0 Å². The SMILES string of the molecule is Cc1ccc2nsnc2c1S(=O)(=O)c1cnc(OC2CCNCC2)nc1N. The molecule has 3 aromatic rings. The molecule has 27 heavy (non-hydrogen) atoms. The smallest absolute Gasteiger partial charge is 0.318 e. The van der Waals surface area contributed by atoms with Gasteiger partial charge in [0.2, 0.25) is 9.84 Å². The molecule has 1 aliphatic rings. The molecular weight excluding hydrogens is 388 g/mol. The van der Waals surface area contributed by atoms with Gasteiger partial charge in [-0.05, 0) is 44.5 Å². The number of hydrogen-bond donors (Lipinski definition) is 2. The van der Waals surface area contributed by atoms with Crippen LogP contribution in [0, 0.1) is 6.92 Å². The average Bonchev–Trinajstić information content (AvgIpc) is 3.10. The predicted octanol–water partition coefficient (Wildman–Crippen LogP) is 1.34. The van der Waals surface area contributed by atoms with E-state index in [1.165, 1.54) is 6.20 Å². The monoisotopic (exact) mass is 406 g/mol. The van der Waals surface area contributed by atoms with Crippen LogP contribution >= 0.6 is 11.7 Å². The molecule has 0 saturated carbocycles. The van der Waals surface area contributed by atoms with Gasteiger partial charge in [0.1, 0.15) is 32.7 Å². The van der Waals surface area contributed by atoms with E-state index in [4.69, 9.17) is 10.5 Å². The van der Waals surface area contributed by atoms with Gasteiger partial charge in [0.05, 0.1) is 17.9 Å². The summed E-state index contributed by atoms with van der Waals surface area (Å²) < 4.78 is 40.4. The van der Waals surface area contributed by atoms with Gasteiger partial charge in [-0.25, -0.2) is 13.4 Å². The lowest BCUT2D eigenvalue weighted by molar-refractivity contribution is 0.149. The lowest BCUT2D eigenvalue weighted by Gasteiger charge is -2.22. The summed E-state index contributed by atoms with van der Waals surface area (Å²) in [6, 6.07) is 3.52. The van der Waals surface area contributed by atoms with Crippen LogP contribution in [0.15, 0.2) is 28.1 Å². The van der Waals surface area contributed by atoms with Gasteiger partial charge in [0, 0.05) is 0 Å². The minimum Gasteiger partial charge on any atom is -0.460 e. The van der Waals surface area contributed by atoms with E-state index in [1.807, 2.05) is 0 Å². The summed E-state index contributed by atoms with van der Waals surface area (Å²) in [6.07, 6.45) is 2.86. The molecule has 3 N–H and O–H groups in total. The molecule has 11 heteroatoms. The van der Waals surface area contributed by atoms with E-state index in [0.29, 0.717) is 16.6 Å². The minimum atomic E-state index is -3.96. The number of hydrogen-bond acceptors (Lipinski definition) is 10. The standard InChI is InChI=1S/C16H18N6O3S2/c1-9-2-3-11-13(22-26-21-11)14(9)27(23,24)12-8-19-16(20-15(12)17)25-10-4-6-18-7-5-10/h2-3,8,10,18H,4-7H2,1H3,(H2,17,19,20). The fourth-order valence-corrected chi connectivity index (χ4v) is 5.30. The van der Waals surface area contributed by atoms with Gasteiger partial charge in [-0.15, -0.1) is 0 Å². The lowest BCUT2D eigenvalue weighted by atomic mass is 10.1. The van der Waals surface area contributed by atoms with Crippen LogP contribution in [0.5, 0.6) is 6.01 Å². The van der Waals surface area contributed by atoms with Gasteiger partial charge in [0.15, 0.2) is 0 Å². The second-order valence-electron chi connectivity index (χ2n) is 6.32. The van der Waals surface area contributed by atoms with Crippen molar-refractivity contribution in [2.75, 3.05) is 18.8 Å². The van der Waals surface area contributed by atoms with Crippen LogP contribution in [0.4, 0.5) is 5.82 Å². The van der Waals surface area contributed by atoms with Crippen molar-refractivity contribution < 1.29 is 13.2 Å². The normalized spacial score (nSPS) is 15.9. The molecular formula is C16H18N6O3S2. The molecule has 0 aliphatic carbocycles. The van der Waals surface area contributed by atoms with Gasteiger partial charge >= 0.3 is 6.01 Å². The van der Waals surface area contributed by atoms with Crippen molar-refractivity contribution in [3.63, 3.8) is 0 Å². The second-order valence-corrected chi connectivity index (χ2v) is 8.70. The maximum atomic E-state index is 13.2. The first-order valence-electron chi connectivity index (χ1n) is 8.43. The molecule has 1 saturated heterocycles. The molecule has 1 aromatic carbocycles. The molecule has 9 nitrogen and oxygen atoms in total. The maximum Gasteiger partial charge on any atom is 0.318 e. The first-order valence-corrected chi connectivity index (χ1v) is 10.6. The summed E-state index contributed by atoms with van der Waals surface area (Å²) in [5.41, 5.74) is 7.37. The molecule has 0 bridgehead atoms. The number of piperidine rings is 1. The number of nitrogen functional groups attached to an aromatic ring is 1. The summed E-state index contributed by atoms with van der Waals surface area (Å²) >= 11 is 0.961. The number of aryl methyl sites for hydroxylation is 1. The van der Waals surface area contributed by atoms with Crippen molar-refractivity contribution in [2.45, 2.75) is 35.7 Å². The van der Waals surface area contributed by atoms with Gasteiger partial charge in [-0.1, -0.05) is 6.07 Å². The summed E-state index contributed by atoms with van der Waals surface area (Å²) in [6.45, 7) is 3.42. The topological polar surface area (TPSA) is 133 Å². The number of sulfone groups is 1. The zero-order chi connectivity index (χ0) is 19.0. The van der Waals surface area contributed by atoms with Crippen LogP contribution in [-0.2, 0) is 9.84 Å². The summed E-state index contributed by atoms with van der Waals surface area (Å²) in [4.78, 5) is 8.06. The fraction of sp³-hybridized carbons (Fsp3) is 0.375. The number of aromatic nitrogens is 4. The van der Waals surface area contributed by atoms with Crippen LogP contribution < -0.4 is 15.8 Å². The van der Waals surface area contributed by atoms with E-state index in [1.54, 1.807) is 19.1 Å². The van der Waals surface area contributed by atoms with E-state index in [0.717, 1.165) is 37.7 Å². The van der Waals surface area contributed by atoms with Crippen LogP contribution in [-0.4, -0.2) is 46.3 Å². The van der Waals surface area contributed by atoms with Gasteiger partial charge in [-0.2, -0.15) is 13.7 Å². The van der Waals surface area contributed by atoms with E-state index in [-0.39, 0.29) is 27.7 Å². The Bertz CT molecular complexity index is 1090. The number of fused-ring (bicyclic) bond motifs is 1. The Morgan fingerprint density at radius 1 is 1.26 bits per heavy atom. The molecule has 0 atom stereocenters. The Hall–Kier alpha value is -2.37. The highest BCUT2D eigenvalue weighted by Gasteiger charge is 2.28. The van der Waals surface area contributed by atoms with E-state index < -0.39 is 9.84 Å². The van der Waals surface area contributed by atoms with Crippen LogP contribution in [0.2, 0.25) is 0 Å². The van der Waals surface area contributed by atoms with Crippen molar-refractivity contribution >= 4 is 38.4 Å². The summed E-state index contributed by atoms with van der Waals surface area (Å²) in [7, 11) is -3.96. The number of benzene rings is 1. The lowest BCUT2D eigenvalue weighted by Crippen LogP contribution is -2.34. The zero-order valence-corrected chi connectivity index (χ0v) is 16.2. The third-order valence-electron chi connectivity index (χ3n) is 4.46. The summed E-state index contributed by atoms with van der Waals surface area (Å²) in [5.74, 6) is -0.145.